The van der Waals surface area contributed by atoms with E-state index in [9.17, 15) is 19.7 Å². The van der Waals surface area contributed by atoms with Crippen LogP contribution in [0.5, 0.6) is 0 Å². The van der Waals surface area contributed by atoms with Crippen LogP contribution in [0.4, 0.5) is 5.69 Å². The molecule has 0 spiro atoms. The molecular weight excluding hydrogens is 354 g/mol. The number of carbonyl (C=O) groups is 2. The predicted octanol–water partition coefficient (Wildman–Crippen LogP) is 2.74. The first-order valence-corrected chi connectivity index (χ1v) is 8.06. The van der Waals surface area contributed by atoms with Crippen molar-refractivity contribution in [2.45, 2.75) is 0 Å². The molecule has 8 heteroatoms. The number of hydrogen-bond acceptors (Lipinski definition) is 7. The van der Waals surface area contributed by atoms with Crippen molar-refractivity contribution in [2.24, 2.45) is 0 Å². The fourth-order valence-corrected chi connectivity index (χ4v) is 2.52. The lowest BCUT2D eigenvalue weighted by molar-refractivity contribution is -0.384. The fourth-order valence-electron chi connectivity index (χ4n) is 2.52. The van der Waals surface area contributed by atoms with E-state index < -0.39 is 16.9 Å². The number of ether oxygens (including phenoxy) is 3. The summed E-state index contributed by atoms with van der Waals surface area (Å²) in [5.41, 5.74) is 0.914. The van der Waals surface area contributed by atoms with Crippen LogP contribution in [0.2, 0.25) is 0 Å². The first-order valence-electron chi connectivity index (χ1n) is 8.06. The average molecular weight is 369 g/mol. The lowest BCUT2D eigenvalue weighted by Crippen LogP contribution is -2.11. The second-order valence-electron chi connectivity index (χ2n) is 5.53. The Morgan fingerprint density at radius 2 is 1.89 bits per heavy atom. The zero-order valence-electron chi connectivity index (χ0n) is 14.1. The van der Waals surface area contributed by atoms with Gasteiger partial charge in [0, 0.05) is 12.1 Å². The number of nitrogens with zero attached hydrogens (tertiary/aromatic N) is 1. The Bertz CT molecular complexity index is 905. The smallest absolute Gasteiger partial charge is 0.342 e. The SMILES string of the molecule is O=C1OCC(OCCOC(=O)c2cccc([N+](=O)[O-])c2)=C1c1ccccc1. The van der Waals surface area contributed by atoms with E-state index in [1.807, 2.05) is 6.07 Å². The highest BCUT2D eigenvalue weighted by Gasteiger charge is 2.27. The van der Waals surface area contributed by atoms with Gasteiger partial charge in [-0.3, -0.25) is 10.1 Å². The van der Waals surface area contributed by atoms with E-state index in [4.69, 9.17) is 14.2 Å². The molecule has 138 valence electrons. The molecular formula is C19H15NO7. The lowest BCUT2D eigenvalue weighted by Gasteiger charge is -2.08. The molecule has 1 aliphatic heterocycles. The molecule has 2 aromatic rings. The summed E-state index contributed by atoms with van der Waals surface area (Å²) in [5.74, 6) is -0.791. The Hall–Kier alpha value is -3.68. The average Bonchev–Trinajstić information content (AvgIpc) is 3.06. The van der Waals surface area contributed by atoms with Gasteiger partial charge >= 0.3 is 11.9 Å². The highest BCUT2D eigenvalue weighted by molar-refractivity contribution is 6.18. The Labute approximate surface area is 154 Å². The van der Waals surface area contributed by atoms with Gasteiger partial charge in [0.2, 0.25) is 0 Å². The summed E-state index contributed by atoms with van der Waals surface area (Å²) in [6, 6.07) is 14.2. The van der Waals surface area contributed by atoms with Crippen LogP contribution in [0.1, 0.15) is 15.9 Å². The van der Waals surface area contributed by atoms with Gasteiger partial charge in [-0.15, -0.1) is 0 Å². The summed E-state index contributed by atoms with van der Waals surface area (Å²) < 4.78 is 15.6. The third-order valence-electron chi connectivity index (χ3n) is 3.77. The number of cyclic esters (lactones) is 1. The molecule has 0 aliphatic carbocycles. The van der Waals surface area contributed by atoms with Crippen LogP contribution in [-0.2, 0) is 19.0 Å². The summed E-state index contributed by atoms with van der Waals surface area (Å²) >= 11 is 0. The van der Waals surface area contributed by atoms with E-state index in [1.54, 1.807) is 24.3 Å². The van der Waals surface area contributed by atoms with Crippen molar-refractivity contribution in [1.29, 1.82) is 0 Å². The molecule has 0 saturated carbocycles. The van der Waals surface area contributed by atoms with Gasteiger partial charge in [0.1, 0.15) is 31.2 Å². The van der Waals surface area contributed by atoms with Crippen molar-refractivity contribution in [2.75, 3.05) is 19.8 Å². The number of esters is 2. The Balaban J connectivity index is 1.57. The topological polar surface area (TPSA) is 105 Å². The first-order chi connectivity index (χ1) is 13.1. The number of nitro benzene ring substituents is 1. The molecule has 0 radical (unpaired) electrons. The third-order valence-corrected chi connectivity index (χ3v) is 3.77. The van der Waals surface area contributed by atoms with Gasteiger partial charge in [-0.05, 0) is 11.6 Å². The number of non-ortho nitro benzene ring substituents is 1. The fraction of sp³-hybridized carbons (Fsp3) is 0.158. The molecule has 3 rings (SSSR count). The van der Waals surface area contributed by atoms with Crippen molar-refractivity contribution in [3.05, 3.63) is 81.6 Å². The summed E-state index contributed by atoms with van der Waals surface area (Å²) in [5, 5.41) is 10.7. The van der Waals surface area contributed by atoms with Gasteiger partial charge in [-0.1, -0.05) is 36.4 Å². The van der Waals surface area contributed by atoms with Gasteiger partial charge in [-0.25, -0.2) is 9.59 Å². The van der Waals surface area contributed by atoms with Crippen LogP contribution in [0.3, 0.4) is 0 Å². The van der Waals surface area contributed by atoms with Gasteiger partial charge in [-0.2, -0.15) is 0 Å². The number of carbonyl (C=O) groups excluding carboxylic acids is 2. The van der Waals surface area contributed by atoms with Gasteiger partial charge in [0.05, 0.1) is 10.5 Å². The molecule has 0 saturated heterocycles. The van der Waals surface area contributed by atoms with Gasteiger partial charge < -0.3 is 14.2 Å². The van der Waals surface area contributed by atoms with Crippen molar-refractivity contribution in [3.63, 3.8) is 0 Å². The number of hydrogen-bond donors (Lipinski definition) is 0. The van der Waals surface area contributed by atoms with Crippen molar-refractivity contribution < 1.29 is 28.7 Å². The Kier molecular flexibility index (Phi) is 5.46. The van der Waals surface area contributed by atoms with Crippen molar-refractivity contribution in [1.82, 2.24) is 0 Å². The summed E-state index contributed by atoms with van der Waals surface area (Å²) in [4.78, 5) is 34.0. The van der Waals surface area contributed by atoms with E-state index in [-0.39, 0.29) is 31.1 Å². The van der Waals surface area contributed by atoms with Crippen LogP contribution in [-0.4, -0.2) is 36.7 Å². The largest absolute Gasteiger partial charge is 0.490 e. The van der Waals surface area contributed by atoms with Gasteiger partial charge in [0.25, 0.3) is 5.69 Å². The highest BCUT2D eigenvalue weighted by atomic mass is 16.6. The molecule has 0 atom stereocenters. The van der Waals surface area contributed by atoms with Gasteiger partial charge in [0.15, 0.2) is 0 Å². The second-order valence-corrected chi connectivity index (χ2v) is 5.53. The summed E-state index contributed by atoms with van der Waals surface area (Å²) in [6.45, 7) is -0.0495. The highest BCUT2D eigenvalue weighted by Crippen LogP contribution is 2.26. The van der Waals surface area contributed by atoms with E-state index in [1.165, 1.54) is 18.2 Å². The molecule has 1 heterocycles. The first kappa shape index (κ1) is 18.1. The molecule has 0 aromatic heterocycles. The third kappa shape index (κ3) is 4.30. The van der Waals surface area contributed by atoms with Crippen LogP contribution >= 0.6 is 0 Å². The number of rotatable bonds is 7. The minimum atomic E-state index is -0.696. The van der Waals surface area contributed by atoms with E-state index in [0.29, 0.717) is 16.9 Å². The van der Waals surface area contributed by atoms with Crippen LogP contribution < -0.4 is 0 Å². The van der Waals surface area contributed by atoms with E-state index in [0.717, 1.165) is 6.07 Å². The zero-order chi connectivity index (χ0) is 19.2. The standard InChI is InChI=1S/C19H15NO7/c21-18(14-7-4-8-15(11-14)20(23)24)26-10-9-25-16-12-27-19(22)17(16)13-5-2-1-3-6-13/h1-8,11H,9-10,12H2. The maximum absolute atomic E-state index is 12.0. The molecule has 0 amide bonds. The van der Waals surface area contributed by atoms with E-state index >= 15 is 0 Å². The molecule has 27 heavy (non-hydrogen) atoms. The monoisotopic (exact) mass is 369 g/mol. The van der Waals surface area contributed by atoms with Crippen LogP contribution in [0.15, 0.2) is 60.4 Å². The zero-order valence-corrected chi connectivity index (χ0v) is 14.1. The molecule has 8 nitrogen and oxygen atoms in total. The second kappa shape index (κ2) is 8.13. The Morgan fingerprint density at radius 3 is 2.63 bits per heavy atom. The maximum atomic E-state index is 12.0. The maximum Gasteiger partial charge on any atom is 0.342 e. The normalized spacial score (nSPS) is 13.3. The quantitative estimate of drug-likeness (QED) is 0.320. The summed E-state index contributed by atoms with van der Waals surface area (Å²) in [7, 11) is 0. The van der Waals surface area contributed by atoms with Crippen LogP contribution in [0, 0.1) is 10.1 Å². The summed E-state index contributed by atoms with van der Waals surface area (Å²) in [6.07, 6.45) is 0. The van der Waals surface area contributed by atoms with Crippen LogP contribution in [0.25, 0.3) is 5.57 Å². The van der Waals surface area contributed by atoms with E-state index in [2.05, 4.69) is 0 Å². The minimum absolute atomic E-state index is 0.0158. The van der Waals surface area contributed by atoms with Crippen molar-refractivity contribution in [3.8, 4) is 0 Å². The number of nitro groups is 1. The molecule has 0 fully saturated rings. The Morgan fingerprint density at radius 1 is 1.11 bits per heavy atom. The lowest BCUT2D eigenvalue weighted by atomic mass is 10.1. The number of benzene rings is 2. The predicted molar refractivity (Wildman–Crippen MR) is 93.7 cm³/mol. The molecule has 0 N–H and O–H groups in total. The molecule has 0 unspecified atom stereocenters. The minimum Gasteiger partial charge on any atom is -0.490 e. The van der Waals surface area contributed by atoms with Crippen molar-refractivity contribution >= 4 is 23.2 Å². The molecule has 1 aliphatic rings. The molecule has 0 bridgehead atoms. The molecule has 2 aromatic carbocycles.